The fourth-order valence-corrected chi connectivity index (χ4v) is 5.09. The third kappa shape index (κ3) is 4.80. The maximum atomic E-state index is 15.1. The van der Waals surface area contributed by atoms with E-state index in [1.54, 1.807) is 24.3 Å². The smallest absolute Gasteiger partial charge is 0.258 e. The minimum absolute atomic E-state index is 0.00249. The van der Waals surface area contributed by atoms with Gasteiger partial charge in [-0.1, -0.05) is 45.9 Å². The number of carbonyl (C=O) groups is 1. The molecule has 10 heteroatoms. The molecule has 0 bridgehead atoms. The number of anilines is 2. The average molecular weight is 520 g/mol. The van der Waals surface area contributed by atoms with Crippen LogP contribution in [0.5, 0.6) is 0 Å². The van der Waals surface area contributed by atoms with Gasteiger partial charge in [0.1, 0.15) is 23.3 Å². The summed E-state index contributed by atoms with van der Waals surface area (Å²) < 4.78 is 17.1. The Morgan fingerprint density at radius 1 is 1.19 bits per heavy atom. The quantitative estimate of drug-likeness (QED) is 0.357. The van der Waals surface area contributed by atoms with Gasteiger partial charge < -0.3 is 10.2 Å². The Hall–Kier alpha value is -3.45. The molecule has 3 aromatic heterocycles. The number of hydrogen-bond acceptors (Lipinski definition) is 6. The van der Waals surface area contributed by atoms with Crippen LogP contribution in [0.4, 0.5) is 15.9 Å². The zero-order chi connectivity index (χ0) is 26.3. The molecule has 1 amide bonds. The Bertz CT molecular complexity index is 1470. The first-order chi connectivity index (χ1) is 17.7. The molecule has 1 aliphatic heterocycles. The molecule has 1 N–H and O–H groups in total. The molecule has 0 saturated carbocycles. The van der Waals surface area contributed by atoms with Crippen molar-refractivity contribution in [2.75, 3.05) is 23.3 Å². The number of halogens is 1. The lowest BCUT2D eigenvalue weighted by molar-refractivity contribution is 0.102. The van der Waals surface area contributed by atoms with Gasteiger partial charge in [0.15, 0.2) is 5.65 Å². The van der Waals surface area contributed by atoms with Gasteiger partial charge in [0.2, 0.25) is 0 Å². The van der Waals surface area contributed by atoms with Gasteiger partial charge in [-0.15, -0.1) is 19.4 Å². The topological polar surface area (TPSA) is 88.3 Å². The van der Waals surface area contributed by atoms with Crippen LogP contribution in [0, 0.1) is 5.82 Å². The van der Waals surface area contributed by atoms with E-state index in [0.717, 1.165) is 31.2 Å². The highest BCUT2D eigenvalue weighted by atomic mass is 31.0. The van der Waals surface area contributed by atoms with Gasteiger partial charge in [0.25, 0.3) is 5.91 Å². The van der Waals surface area contributed by atoms with E-state index >= 15 is 4.39 Å². The van der Waals surface area contributed by atoms with E-state index in [2.05, 4.69) is 46.5 Å². The third-order valence-electron chi connectivity index (χ3n) is 6.71. The molecule has 0 spiro atoms. The standard InChI is InChI=1S/C27H31FN7OP/c1-5-21-32-33-22-12-19(18-8-6-7-9-20(18)28)23(26(35(21)22)34-11-10-27(4,37)15-34)31-25(36)17-13-29-24(16(2)3)30-14-17/h6-9,12-14,16H,5,10-11,15,37H2,1-4H3,(H,31,36). The van der Waals surface area contributed by atoms with Crippen molar-refractivity contribution in [3.8, 4) is 11.1 Å². The zero-order valence-corrected chi connectivity index (χ0v) is 22.6. The van der Waals surface area contributed by atoms with Crippen molar-refractivity contribution >= 4 is 32.3 Å². The van der Waals surface area contributed by atoms with Gasteiger partial charge in [0, 0.05) is 54.1 Å². The number of nitrogens with one attached hydrogen (secondary N) is 1. The molecule has 4 aromatic rings. The third-order valence-corrected chi connectivity index (χ3v) is 7.18. The molecular formula is C27H31FN7OP. The van der Waals surface area contributed by atoms with Crippen molar-refractivity contribution in [2.45, 2.75) is 51.6 Å². The average Bonchev–Trinajstić information content (AvgIpc) is 3.46. The van der Waals surface area contributed by atoms with E-state index in [9.17, 15) is 4.79 Å². The van der Waals surface area contributed by atoms with E-state index in [4.69, 9.17) is 0 Å². The van der Waals surface area contributed by atoms with Crippen LogP contribution >= 0.6 is 9.24 Å². The molecule has 5 rings (SSSR count). The number of carbonyl (C=O) groups excluding carboxylic acids is 1. The molecule has 4 heterocycles. The van der Waals surface area contributed by atoms with E-state index < -0.39 is 0 Å². The Balaban J connectivity index is 1.73. The Morgan fingerprint density at radius 3 is 2.54 bits per heavy atom. The minimum atomic E-state index is -0.384. The van der Waals surface area contributed by atoms with E-state index in [0.29, 0.717) is 40.3 Å². The summed E-state index contributed by atoms with van der Waals surface area (Å²) in [6, 6.07) is 8.35. The molecule has 8 nitrogen and oxygen atoms in total. The van der Waals surface area contributed by atoms with Gasteiger partial charge in [-0.2, -0.15) is 0 Å². The molecule has 2 atom stereocenters. The molecule has 37 heavy (non-hydrogen) atoms. The summed E-state index contributed by atoms with van der Waals surface area (Å²) in [4.78, 5) is 24.5. The highest BCUT2D eigenvalue weighted by Gasteiger charge is 2.34. The largest absolute Gasteiger partial charge is 0.355 e. The molecule has 1 fully saturated rings. The lowest BCUT2D eigenvalue weighted by atomic mass is 10.0. The van der Waals surface area contributed by atoms with E-state index in [1.165, 1.54) is 18.5 Å². The zero-order valence-electron chi connectivity index (χ0n) is 21.5. The normalized spacial score (nSPS) is 17.6. The van der Waals surface area contributed by atoms with Crippen LogP contribution in [0.2, 0.25) is 0 Å². The lowest BCUT2D eigenvalue weighted by Crippen LogP contribution is -2.28. The summed E-state index contributed by atoms with van der Waals surface area (Å²) in [7, 11) is 2.94. The summed E-state index contributed by atoms with van der Waals surface area (Å²) in [5.41, 5.74) is 2.35. The summed E-state index contributed by atoms with van der Waals surface area (Å²) in [6.45, 7) is 9.71. The number of aromatic nitrogens is 5. The molecule has 192 valence electrons. The number of amides is 1. The van der Waals surface area contributed by atoms with Crippen molar-refractivity contribution < 1.29 is 9.18 Å². The van der Waals surface area contributed by atoms with Crippen molar-refractivity contribution in [1.29, 1.82) is 0 Å². The Labute approximate surface area is 217 Å². The van der Waals surface area contributed by atoms with Crippen LogP contribution in [-0.2, 0) is 6.42 Å². The highest BCUT2D eigenvalue weighted by Crippen LogP contribution is 2.43. The first-order valence-electron chi connectivity index (χ1n) is 12.5. The van der Waals surface area contributed by atoms with Crippen LogP contribution in [-0.4, -0.2) is 48.7 Å². The SMILES string of the molecule is CCc1nnc2cc(-c3ccccc3F)c(NC(=O)c3cnc(C(C)C)nc3)c(N3CCC(C)(P)C3)n12. The predicted molar refractivity (Wildman–Crippen MR) is 147 cm³/mol. The molecule has 1 aliphatic rings. The number of fused-ring (bicyclic) bond motifs is 1. The number of aryl methyl sites for hydroxylation is 1. The van der Waals surface area contributed by atoms with Crippen molar-refractivity contribution in [3.63, 3.8) is 0 Å². The highest BCUT2D eigenvalue weighted by molar-refractivity contribution is 7.19. The number of pyridine rings is 1. The summed E-state index contributed by atoms with van der Waals surface area (Å²) in [5, 5.41) is 11.9. The van der Waals surface area contributed by atoms with Crippen LogP contribution in [0.25, 0.3) is 16.8 Å². The summed E-state index contributed by atoms with van der Waals surface area (Å²) in [5.74, 6) is 1.58. The minimum Gasteiger partial charge on any atom is -0.355 e. The van der Waals surface area contributed by atoms with Gasteiger partial charge >= 0.3 is 0 Å². The Morgan fingerprint density at radius 2 is 1.92 bits per heavy atom. The number of rotatable bonds is 6. The van der Waals surface area contributed by atoms with Gasteiger partial charge in [-0.25, -0.2) is 14.4 Å². The number of benzene rings is 1. The van der Waals surface area contributed by atoms with Crippen LogP contribution < -0.4 is 10.2 Å². The molecule has 1 aromatic carbocycles. The molecule has 2 unspecified atom stereocenters. The van der Waals surface area contributed by atoms with Crippen molar-refractivity contribution in [2.24, 2.45) is 0 Å². The first-order valence-corrected chi connectivity index (χ1v) is 13.1. The molecule has 1 saturated heterocycles. The second-order valence-electron chi connectivity index (χ2n) is 10.2. The number of nitrogens with zero attached hydrogens (tertiary/aromatic N) is 6. The van der Waals surface area contributed by atoms with E-state index in [-0.39, 0.29) is 22.8 Å². The summed E-state index contributed by atoms with van der Waals surface area (Å²) in [6.07, 6.45) is 4.66. The van der Waals surface area contributed by atoms with E-state index in [1.807, 2.05) is 25.2 Å². The molecular weight excluding hydrogens is 488 g/mol. The summed E-state index contributed by atoms with van der Waals surface area (Å²) >= 11 is 0. The second kappa shape index (κ2) is 9.78. The van der Waals surface area contributed by atoms with Gasteiger partial charge in [0.05, 0.1) is 11.3 Å². The fraction of sp³-hybridized carbons (Fsp3) is 0.370. The van der Waals surface area contributed by atoms with Gasteiger partial charge in [-0.3, -0.25) is 9.20 Å². The Kier molecular flexibility index (Phi) is 6.67. The predicted octanol–water partition coefficient (Wildman–Crippen LogP) is 5.11. The molecule has 0 radical (unpaired) electrons. The van der Waals surface area contributed by atoms with Crippen molar-refractivity contribution in [3.05, 3.63) is 65.8 Å². The van der Waals surface area contributed by atoms with Crippen LogP contribution in [0.1, 0.15) is 62.0 Å². The van der Waals surface area contributed by atoms with Crippen molar-refractivity contribution in [1.82, 2.24) is 24.6 Å². The molecule has 0 aliphatic carbocycles. The number of hydrogen-bond donors (Lipinski definition) is 1. The maximum absolute atomic E-state index is 15.1. The fourth-order valence-electron chi connectivity index (χ4n) is 4.74. The van der Waals surface area contributed by atoms with Gasteiger partial charge in [-0.05, 0) is 18.6 Å². The lowest BCUT2D eigenvalue weighted by Gasteiger charge is -2.27. The second-order valence-corrected chi connectivity index (χ2v) is 11.6. The maximum Gasteiger partial charge on any atom is 0.258 e. The first kappa shape index (κ1) is 25.2. The monoisotopic (exact) mass is 519 g/mol. The van der Waals surface area contributed by atoms with Crippen LogP contribution in [0.15, 0.2) is 42.7 Å². The van der Waals surface area contributed by atoms with Crippen LogP contribution in [0.3, 0.4) is 0 Å².